The van der Waals surface area contributed by atoms with Gasteiger partial charge in [-0.25, -0.2) is 9.78 Å². The number of hydrogen-bond donors (Lipinski definition) is 2. The van der Waals surface area contributed by atoms with Crippen molar-refractivity contribution in [2.45, 2.75) is 37.6 Å². The maximum Gasteiger partial charge on any atom is 0.329 e. The first-order valence-electron chi connectivity index (χ1n) is 5.54. The van der Waals surface area contributed by atoms with E-state index in [9.17, 15) is 9.59 Å². The zero-order valence-electron chi connectivity index (χ0n) is 9.31. The first kappa shape index (κ1) is 12.0. The van der Waals surface area contributed by atoms with Crippen LogP contribution in [0.15, 0.2) is 10.9 Å². The molecule has 0 unspecified atom stereocenters. The monoisotopic (exact) mass is 254 g/mol. The van der Waals surface area contributed by atoms with Gasteiger partial charge in [0, 0.05) is 11.8 Å². The molecule has 0 spiro atoms. The number of carboxylic acids is 1. The molecule has 1 amide bonds. The van der Waals surface area contributed by atoms with Gasteiger partial charge in [0.25, 0.3) is 0 Å². The number of aryl methyl sites for hydroxylation is 1. The van der Waals surface area contributed by atoms with Crippen LogP contribution in [0.1, 0.15) is 31.4 Å². The fraction of sp³-hybridized carbons (Fsp3) is 0.545. The summed E-state index contributed by atoms with van der Waals surface area (Å²) in [6, 6.07) is 0. The summed E-state index contributed by atoms with van der Waals surface area (Å²) >= 11 is 1.49. The number of carboxylic acid groups (broad SMARTS) is 1. The molecule has 0 atom stereocenters. The molecule has 5 nitrogen and oxygen atoms in total. The number of nitrogens with zero attached hydrogens (tertiary/aromatic N) is 1. The predicted molar refractivity (Wildman–Crippen MR) is 62.8 cm³/mol. The van der Waals surface area contributed by atoms with Gasteiger partial charge >= 0.3 is 5.97 Å². The third-order valence-electron chi connectivity index (χ3n) is 3.09. The van der Waals surface area contributed by atoms with Gasteiger partial charge in [-0.1, -0.05) is 0 Å². The van der Waals surface area contributed by atoms with Crippen LogP contribution in [0, 0.1) is 0 Å². The van der Waals surface area contributed by atoms with Crippen LogP contribution in [0.25, 0.3) is 0 Å². The highest BCUT2D eigenvalue weighted by Crippen LogP contribution is 2.32. The highest BCUT2D eigenvalue weighted by Gasteiger charge is 2.45. The molecule has 1 aromatic rings. The summed E-state index contributed by atoms with van der Waals surface area (Å²) in [5, 5.41) is 13.6. The topological polar surface area (TPSA) is 79.3 Å². The Balaban J connectivity index is 1.83. The molecule has 1 fully saturated rings. The minimum atomic E-state index is -1.00. The second-order valence-electron chi connectivity index (χ2n) is 4.27. The third-order valence-corrected chi connectivity index (χ3v) is 3.72. The van der Waals surface area contributed by atoms with E-state index < -0.39 is 11.5 Å². The Labute approximate surface area is 103 Å². The van der Waals surface area contributed by atoms with Crippen molar-refractivity contribution >= 4 is 23.2 Å². The molecule has 0 aliphatic heterocycles. The average Bonchev–Trinajstić information content (AvgIpc) is 2.72. The van der Waals surface area contributed by atoms with Crippen LogP contribution in [-0.2, 0) is 16.0 Å². The summed E-state index contributed by atoms with van der Waals surface area (Å²) in [4.78, 5) is 26.8. The Bertz CT molecular complexity index is 412. The molecule has 1 heterocycles. The van der Waals surface area contributed by atoms with Crippen LogP contribution in [0.5, 0.6) is 0 Å². The minimum Gasteiger partial charge on any atom is -0.480 e. The fourth-order valence-electron chi connectivity index (χ4n) is 1.85. The summed E-state index contributed by atoms with van der Waals surface area (Å²) in [5.74, 6) is -1.13. The van der Waals surface area contributed by atoms with Crippen LogP contribution >= 0.6 is 11.3 Å². The van der Waals surface area contributed by atoms with E-state index in [1.54, 1.807) is 5.51 Å². The normalized spacial score (nSPS) is 17.2. The number of thiazole rings is 1. The van der Waals surface area contributed by atoms with Gasteiger partial charge in [-0.05, 0) is 25.7 Å². The Hall–Kier alpha value is -1.43. The Morgan fingerprint density at radius 1 is 1.53 bits per heavy atom. The summed E-state index contributed by atoms with van der Waals surface area (Å²) in [6.45, 7) is 0. The smallest absolute Gasteiger partial charge is 0.329 e. The zero-order valence-corrected chi connectivity index (χ0v) is 10.1. The fourth-order valence-corrected chi connectivity index (χ4v) is 2.45. The standard InChI is InChI=1S/C11H14N2O3S/c14-9(3-2-8-6-17-7-12-8)13-11(10(15)16)4-1-5-11/h6-7H,1-5H2,(H,13,14)(H,15,16). The summed E-state index contributed by atoms with van der Waals surface area (Å²) in [6.07, 6.45) is 2.78. The van der Waals surface area contributed by atoms with E-state index in [4.69, 9.17) is 5.11 Å². The molecule has 1 aromatic heterocycles. The van der Waals surface area contributed by atoms with Gasteiger partial charge < -0.3 is 10.4 Å². The number of amides is 1. The van der Waals surface area contributed by atoms with Gasteiger partial charge in [-0.3, -0.25) is 4.79 Å². The maximum absolute atomic E-state index is 11.7. The number of carbonyl (C=O) groups excluding carboxylic acids is 1. The number of aromatic nitrogens is 1. The summed E-state index contributed by atoms with van der Waals surface area (Å²) in [7, 11) is 0. The molecular weight excluding hydrogens is 240 g/mol. The second-order valence-corrected chi connectivity index (χ2v) is 4.99. The molecule has 1 saturated carbocycles. The first-order chi connectivity index (χ1) is 8.12. The highest BCUT2D eigenvalue weighted by atomic mass is 32.1. The van der Waals surface area contributed by atoms with Crippen LogP contribution in [0.2, 0.25) is 0 Å². The SMILES string of the molecule is O=C(CCc1cscn1)NC1(C(=O)O)CCC1. The number of nitrogens with one attached hydrogen (secondary N) is 1. The molecule has 0 aromatic carbocycles. The van der Waals surface area contributed by atoms with Crippen LogP contribution in [0.4, 0.5) is 0 Å². The molecular formula is C11H14N2O3S. The van der Waals surface area contributed by atoms with E-state index in [0.29, 0.717) is 25.7 Å². The third kappa shape index (κ3) is 2.63. The van der Waals surface area contributed by atoms with E-state index in [0.717, 1.165) is 12.1 Å². The van der Waals surface area contributed by atoms with Gasteiger partial charge in [-0.2, -0.15) is 0 Å². The van der Waals surface area contributed by atoms with Crippen molar-refractivity contribution in [3.63, 3.8) is 0 Å². The van der Waals surface area contributed by atoms with Crippen molar-refractivity contribution in [2.75, 3.05) is 0 Å². The van der Waals surface area contributed by atoms with Crippen molar-refractivity contribution < 1.29 is 14.7 Å². The lowest BCUT2D eigenvalue weighted by Crippen LogP contribution is -2.59. The Morgan fingerprint density at radius 3 is 2.76 bits per heavy atom. The van der Waals surface area contributed by atoms with E-state index in [2.05, 4.69) is 10.3 Å². The molecule has 2 N–H and O–H groups in total. The van der Waals surface area contributed by atoms with Gasteiger partial charge in [0.2, 0.25) is 5.91 Å². The van der Waals surface area contributed by atoms with Crippen molar-refractivity contribution in [3.8, 4) is 0 Å². The zero-order chi connectivity index (χ0) is 12.3. The molecule has 0 saturated heterocycles. The van der Waals surface area contributed by atoms with Gasteiger partial charge in [0.15, 0.2) is 0 Å². The molecule has 92 valence electrons. The first-order valence-corrected chi connectivity index (χ1v) is 6.48. The van der Waals surface area contributed by atoms with Crippen molar-refractivity contribution in [1.29, 1.82) is 0 Å². The number of rotatable bonds is 5. The lowest BCUT2D eigenvalue weighted by Gasteiger charge is -2.38. The molecule has 0 radical (unpaired) electrons. The molecule has 0 bridgehead atoms. The molecule has 2 rings (SSSR count). The summed E-state index contributed by atoms with van der Waals surface area (Å²) in [5.41, 5.74) is 1.60. The largest absolute Gasteiger partial charge is 0.480 e. The lowest BCUT2D eigenvalue weighted by molar-refractivity contribution is -0.151. The number of carbonyl (C=O) groups is 2. The lowest BCUT2D eigenvalue weighted by atomic mass is 9.76. The number of hydrogen-bond acceptors (Lipinski definition) is 4. The molecule has 1 aliphatic carbocycles. The van der Waals surface area contributed by atoms with Crippen molar-refractivity contribution in [1.82, 2.24) is 10.3 Å². The molecule has 17 heavy (non-hydrogen) atoms. The van der Waals surface area contributed by atoms with Crippen molar-refractivity contribution in [2.24, 2.45) is 0 Å². The highest BCUT2D eigenvalue weighted by molar-refractivity contribution is 7.07. The van der Waals surface area contributed by atoms with Crippen LogP contribution in [0.3, 0.4) is 0 Å². The van der Waals surface area contributed by atoms with E-state index in [-0.39, 0.29) is 5.91 Å². The minimum absolute atomic E-state index is 0.208. The Kier molecular flexibility index (Phi) is 3.42. The maximum atomic E-state index is 11.7. The average molecular weight is 254 g/mol. The Morgan fingerprint density at radius 2 is 2.29 bits per heavy atom. The van der Waals surface area contributed by atoms with E-state index in [1.807, 2.05) is 5.38 Å². The quantitative estimate of drug-likeness (QED) is 0.827. The number of aliphatic carboxylic acids is 1. The van der Waals surface area contributed by atoms with Gasteiger partial charge in [0.1, 0.15) is 5.54 Å². The van der Waals surface area contributed by atoms with E-state index in [1.165, 1.54) is 11.3 Å². The van der Waals surface area contributed by atoms with Crippen molar-refractivity contribution in [3.05, 3.63) is 16.6 Å². The predicted octanol–water partition coefficient (Wildman–Crippen LogP) is 1.20. The van der Waals surface area contributed by atoms with Gasteiger partial charge in [-0.15, -0.1) is 11.3 Å². The van der Waals surface area contributed by atoms with Gasteiger partial charge in [0.05, 0.1) is 11.2 Å². The van der Waals surface area contributed by atoms with E-state index >= 15 is 0 Å². The van der Waals surface area contributed by atoms with Crippen LogP contribution in [-0.4, -0.2) is 27.5 Å². The molecule has 6 heteroatoms. The second kappa shape index (κ2) is 4.83. The molecule has 1 aliphatic rings. The summed E-state index contributed by atoms with van der Waals surface area (Å²) < 4.78 is 0. The van der Waals surface area contributed by atoms with Crippen LogP contribution < -0.4 is 5.32 Å².